The van der Waals surface area contributed by atoms with E-state index in [2.05, 4.69) is 0 Å². The molecular formula is C14H18O4. The predicted molar refractivity (Wildman–Crippen MR) is 66.2 cm³/mol. The van der Waals surface area contributed by atoms with Gasteiger partial charge >= 0.3 is 5.97 Å². The summed E-state index contributed by atoms with van der Waals surface area (Å²) in [6.07, 6.45) is 1.40. The van der Waals surface area contributed by atoms with Crippen molar-refractivity contribution in [2.45, 2.75) is 19.4 Å². The van der Waals surface area contributed by atoms with E-state index in [9.17, 15) is 9.90 Å². The van der Waals surface area contributed by atoms with Gasteiger partial charge < -0.3 is 14.6 Å². The molecule has 1 atom stereocenters. The second-order valence-corrected chi connectivity index (χ2v) is 4.72. The number of carboxylic acids is 1. The summed E-state index contributed by atoms with van der Waals surface area (Å²) in [6.45, 7) is 1.54. The molecule has 1 aliphatic rings. The normalized spacial score (nSPS) is 23.8. The Morgan fingerprint density at radius 3 is 2.78 bits per heavy atom. The fraction of sp³-hybridized carbons (Fsp3) is 0.500. The van der Waals surface area contributed by atoms with Gasteiger partial charge in [0.05, 0.1) is 19.8 Å². The van der Waals surface area contributed by atoms with Crippen LogP contribution in [0.3, 0.4) is 0 Å². The van der Waals surface area contributed by atoms with Crippen molar-refractivity contribution >= 4 is 5.97 Å². The van der Waals surface area contributed by atoms with E-state index < -0.39 is 11.4 Å². The van der Waals surface area contributed by atoms with Crippen molar-refractivity contribution in [2.24, 2.45) is 5.41 Å². The molecule has 1 aromatic rings. The van der Waals surface area contributed by atoms with Crippen LogP contribution in [-0.2, 0) is 20.9 Å². The lowest BCUT2D eigenvalue weighted by Crippen LogP contribution is -2.43. The third-order valence-electron chi connectivity index (χ3n) is 3.27. The van der Waals surface area contributed by atoms with Crippen LogP contribution in [0, 0.1) is 5.41 Å². The molecule has 0 spiro atoms. The molecule has 1 saturated heterocycles. The molecule has 1 aliphatic heterocycles. The first-order valence-corrected chi connectivity index (χ1v) is 6.16. The zero-order valence-electron chi connectivity index (χ0n) is 10.3. The molecule has 0 amide bonds. The SMILES string of the molecule is O=C(O)C1(COCc2ccccc2)CCCOC1. The summed E-state index contributed by atoms with van der Waals surface area (Å²) in [5.41, 5.74) is 0.183. The molecule has 1 fully saturated rings. The van der Waals surface area contributed by atoms with Crippen LogP contribution in [0.15, 0.2) is 30.3 Å². The largest absolute Gasteiger partial charge is 0.481 e. The Hall–Kier alpha value is -1.39. The Morgan fingerprint density at radius 2 is 2.17 bits per heavy atom. The first-order chi connectivity index (χ1) is 8.73. The summed E-state index contributed by atoms with van der Waals surface area (Å²) in [4.78, 5) is 11.4. The number of rotatable bonds is 5. The number of hydrogen-bond acceptors (Lipinski definition) is 3. The number of carbonyl (C=O) groups is 1. The Balaban J connectivity index is 1.88. The summed E-state index contributed by atoms with van der Waals surface area (Å²) in [5.74, 6) is -0.824. The summed E-state index contributed by atoms with van der Waals surface area (Å²) in [6, 6.07) is 9.75. The van der Waals surface area contributed by atoms with E-state index in [0.717, 1.165) is 12.0 Å². The van der Waals surface area contributed by atoms with Gasteiger partial charge in [-0.25, -0.2) is 0 Å². The molecule has 0 saturated carbocycles. The summed E-state index contributed by atoms with van der Waals surface area (Å²) in [7, 11) is 0. The number of carboxylic acid groups (broad SMARTS) is 1. The van der Waals surface area contributed by atoms with Crippen LogP contribution in [0.5, 0.6) is 0 Å². The van der Waals surface area contributed by atoms with Gasteiger partial charge in [-0.3, -0.25) is 4.79 Å². The fourth-order valence-corrected chi connectivity index (χ4v) is 2.14. The third kappa shape index (κ3) is 3.09. The van der Waals surface area contributed by atoms with Crippen LogP contribution < -0.4 is 0 Å². The minimum atomic E-state index is -0.868. The monoisotopic (exact) mass is 250 g/mol. The van der Waals surface area contributed by atoms with Gasteiger partial charge in [-0.2, -0.15) is 0 Å². The Labute approximate surface area is 107 Å². The Bertz CT molecular complexity index is 382. The van der Waals surface area contributed by atoms with E-state index in [4.69, 9.17) is 9.47 Å². The standard InChI is InChI=1S/C14H18O4/c15-13(16)14(7-4-8-17-10-14)11-18-9-12-5-2-1-3-6-12/h1-3,5-6H,4,7-11H2,(H,15,16). The minimum absolute atomic E-state index is 0.206. The number of hydrogen-bond donors (Lipinski definition) is 1. The maximum atomic E-state index is 11.4. The quantitative estimate of drug-likeness (QED) is 0.869. The Morgan fingerprint density at radius 1 is 1.39 bits per heavy atom. The van der Waals surface area contributed by atoms with E-state index in [1.54, 1.807) is 0 Å². The molecule has 4 heteroatoms. The average Bonchev–Trinajstić information content (AvgIpc) is 2.41. The lowest BCUT2D eigenvalue weighted by molar-refractivity contribution is -0.164. The van der Waals surface area contributed by atoms with Gasteiger partial charge in [0.15, 0.2) is 0 Å². The summed E-state index contributed by atoms with van der Waals surface area (Å²) in [5, 5.41) is 9.33. The average molecular weight is 250 g/mol. The van der Waals surface area contributed by atoms with Crippen LogP contribution in [0.2, 0.25) is 0 Å². The maximum absolute atomic E-state index is 11.4. The van der Waals surface area contributed by atoms with Crippen molar-refractivity contribution in [3.05, 3.63) is 35.9 Å². The van der Waals surface area contributed by atoms with Crippen molar-refractivity contribution in [2.75, 3.05) is 19.8 Å². The zero-order chi connectivity index (χ0) is 12.8. The van der Waals surface area contributed by atoms with Crippen LogP contribution in [0.1, 0.15) is 18.4 Å². The summed E-state index contributed by atoms with van der Waals surface area (Å²) >= 11 is 0. The molecule has 0 aromatic heterocycles. The number of benzene rings is 1. The number of ether oxygens (including phenoxy) is 2. The van der Waals surface area contributed by atoms with Crippen LogP contribution in [-0.4, -0.2) is 30.9 Å². The molecule has 0 aliphatic carbocycles. The highest BCUT2D eigenvalue weighted by Crippen LogP contribution is 2.29. The number of aliphatic carboxylic acids is 1. The van der Waals surface area contributed by atoms with Crippen LogP contribution >= 0.6 is 0 Å². The van der Waals surface area contributed by atoms with Gasteiger partial charge in [-0.05, 0) is 18.4 Å². The fourth-order valence-electron chi connectivity index (χ4n) is 2.14. The van der Waals surface area contributed by atoms with E-state index in [1.807, 2.05) is 30.3 Å². The molecule has 1 N–H and O–H groups in total. The molecule has 0 bridgehead atoms. The molecule has 18 heavy (non-hydrogen) atoms. The first-order valence-electron chi connectivity index (χ1n) is 6.16. The van der Waals surface area contributed by atoms with E-state index >= 15 is 0 Å². The smallest absolute Gasteiger partial charge is 0.314 e. The molecule has 4 nitrogen and oxygen atoms in total. The predicted octanol–water partition coefficient (Wildman–Crippen LogP) is 2.08. The lowest BCUT2D eigenvalue weighted by Gasteiger charge is -2.32. The molecule has 1 unspecified atom stereocenters. The summed E-state index contributed by atoms with van der Waals surface area (Å²) < 4.78 is 10.9. The van der Waals surface area contributed by atoms with Gasteiger partial charge in [0.25, 0.3) is 0 Å². The highest BCUT2D eigenvalue weighted by Gasteiger charge is 2.40. The van der Waals surface area contributed by atoms with Crippen molar-refractivity contribution < 1.29 is 19.4 Å². The van der Waals surface area contributed by atoms with E-state index in [1.165, 1.54) is 0 Å². The van der Waals surface area contributed by atoms with Crippen LogP contribution in [0.4, 0.5) is 0 Å². The van der Waals surface area contributed by atoms with Crippen molar-refractivity contribution in [3.8, 4) is 0 Å². The zero-order valence-corrected chi connectivity index (χ0v) is 10.3. The van der Waals surface area contributed by atoms with Gasteiger partial charge in [0.2, 0.25) is 0 Å². The van der Waals surface area contributed by atoms with Crippen molar-refractivity contribution in [1.29, 1.82) is 0 Å². The van der Waals surface area contributed by atoms with Crippen molar-refractivity contribution in [1.82, 2.24) is 0 Å². The molecule has 98 valence electrons. The van der Waals surface area contributed by atoms with Crippen LogP contribution in [0.25, 0.3) is 0 Å². The Kier molecular flexibility index (Phi) is 4.33. The second-order valence-electron chi connectivity index (χ2n) is 4.72. The molecular weight excluding hydrogens is 232 g/mol. The maximum Gasteiger partial charge on any atom is 0.314 e. The highest BCUT2D eigenvalue weighted by molar-refractivity contribution is 5.75. The highest BCUT2D eigenvalue weighted by atomic mass is 16.5. The van der Waals surface area contributed by atoms with Gasteiger partial charge in [-0.15, -0.1) is 0 Å². The van der Waals surface area contributed by atoms with Gasteiger partial charge in [0, 0.05) is 6.61 Å². The molecule has 0 radical (unpaired) electrons. The van der Waals surface area contributed by atoms with Gasteiger partial charge in [-0.1, -0.05) is 30.3 Å². The van der Waals surface area contributed by atoms with E-state index in [-0.39, 0.29) is 13.2 Å². The topological polar surface area (TPSA) is 55.8 Å². The van der Waals surface area contributed by atoms with Gasteiger partial charge in [0.1, 0.15) is 5.41 Å². The molecule has 1 aromatic carbocycles. The molecule has 2 rings (SSSR count). The second kappa shape index (κ2) is 5.98. The first kappa shape index (κ1) is 13.1. The third-order valence-corrected chi connectivity index (χ3v) is 3.27. The molecule has 1 heterocycles. The minimum Gasteiger partial charge on any atom is -0.481 e. The van der Waals surface area contributed by atoms with Crippen molar-refractivity contribution in [3.63, 3.8) is 0 Å². The lowest BCUT2D eigenvalue weighted by atomic mass is 9.83. The van der Waals surface area contributed by atoms with E-state index in [0.29, 0.717) is 19.6 Å².